The Hall–Kier alpha value is -2.76. The van der Waals surface area contributed by atoms with Crippen LogP contribution < -0.4 is 10.2 Å². The van der Waals surface area contributed by atoms with Crippen molar-refractivity contribution in [1.29, 1.82) is 0 Å². The maximum absolute atomic E-state index is 12.7. The minimum absolute atomic E-state index is 0.0275. The van der Waals surface area contributed by atoms with E-state index < -0.39 is 0 Å². The summed E-state index contributed by atoms with van der Waals surface area (Å²) in [5.74, 6) is 0.762. The fraction of sp³-hybridized carbons (Fsp3) is 0.478. The Labute approximate surface area is 171 Å². The van der Waals surface area contributed by atoms with E-state index in [0.29, 0.717) is 31.5 Å². The third kappa shape index (κ3) is 4.63. The molecule has 1 N–H and O–H groups in total. The zero-order valence-electron chi connectivity index (χ0n) is 17.0. The molecule has 3 heterocycles. The Kier molecular flexibility index (Phi) is 5.88. The molecule has 2 aromatic rings. The Morgan fingerprint density at radius 1 is 0.966 bits per heavy atom. The van der Waals surface area contributed by atoms with Gasteiger partial charge in [-0.2, -0.15) is 0 Å². The van der Waals surface area contributed by atoms with Gasteiger partial charge in [-0.15, -0.1) is 0 Å². The van der Waals surface area contributed by atoms with Gasteiger partial charge in [0.15, 0.2) is 0 Å². The molecule has 154 valence electrons. The number of hydrogen-bond donors (Lipinski definition) is 1. The van der Waals surface area contributed by atoms with Gasteiger partial charge in [-0.05, 0) is 61.9 Å². The summed E-state index contributed by atoms with van der Waals surface area (Å²) in [4.78, 5) is 29.2. The molecule has 0 aliphatic carbocycles. The van der Waals surface area contributed by atoms with E-state index in [9.17, 15) is 9.59 Å². The molecule has 6 nitrogen and oxygen atoms in total. The molecule has 2 amide bonds. The van der Waals surface area contributed by atoms with E-state index >= 15 is 0 Å². The Balaban J connectivity index is 1.27. The quantitative estimate of drug-likeness (QED) is 0.850. The van der Waals surface area contributed by atoms with Crippen molar-refractivity contribution in [3.63, 3.8) is 0 Å². The van der Waals surface area contributed by atoms with Crippen LogP contribution in [0.4, 0.5) is 11.4 Å². The molecule has 2 aliphatic heterocycles. The third-order valence-corrected chi connectivity index (χ3v) is 6.20. The van der Waals surface area contributed by atoms with Crippen molar-refractivity contribution in [3.8, 4) is 0 Å². The van der Waals surface area contributed by atoms with Gasteiger partial charge in [0.2, 0.25) is 5.91 Å². The first-order valence-corrected chi connectivity index (χ1v) is 10.6. The predicted octanol–water partition coefficient (Wildman–Crippen LogP) is 4.01. The monoisotopic (exact) mass is 395 g/mol. The zero-order chi connectivity index (χ0) is 20.2. The van der Waals surface area contributed by atoms with Crippen molar-refractivity contribution in [2.45, 2.75) is 32.6 Å². The number of furan rings is 1. The van der Waals surface area contributed by atoms with E-state index in [1.165, 1.54) is 31.1 Å². The van der Waals surface area contributed by atoms with Crippen LogP contribution in [-0.4, -0.2) is 42.9 Å². The average Bonchev–Trinajstić information content (AvgIpc) is 3.29. The summed E-state index contributed by atoms with van der Waals surface area (Å²) in [5, 5.41) is 3.04. The number of hydrogen-bond acceptors (Lipinski definition) is 4. The highest BCUT2D eigenvalue weighted by molar-refractivity contribution is 5.95. The second-order valence-corrected chi connectivity index (χ2v) is 8.28. The van der Waals surface area contributed by atoms with Crippen molar-refractivity contribution < 1.29 is 14.0 Å². The van der Waals surface area contributed by atoms with Crippen molar-refractivity contribution in [3.05, 3.63) is 48.4 Å². The predicted molar refractivity (Wildman–Crippen MR) is 113 cm³/mol. The number of amides is 2. The number of rotatable bonds is 4. The number of nitrogens with one attached hydrogen (secondary N) is 1. The van der Waals surface area contributed by atoms with E-state index in [1.54, 1.807) is 11.0 Å². The minimum Gasteiger partial charge on any atom is -0.472 e. The van der Waals surface area contributed by atoms with Crippen LogP contribution in [0.3, 0.4) is 0 Å². The molecule has 29 heavy (non-hydrogen) atoms. The highest BCUT2D eigenvalue weighted by atomic mass is 16.3. The smallest absolute Gasteiger partial charge is 0.257 e. The number of carbonyl (C=O) groups excluding carboxylic acids is 2. The van der Waals surface area contributed by atoms with Crippen molar-refractivity contribution in [2.75, 3.05) is 36.4 Å². The molecule has 1 aromatic heterocycles. The first-order valence-electron chi connectivity index (χ1n) is 10.6. The summed E-state index contributed by atoms with van der Waals surface area (Å²) in [6.45, 7) is 5.70. The maximum Gasteiger partial charge on any atom is 0.257 e. The largest absolute Gasteiger partial charge is 0.472 e. The average molecular weight is 396 g/mol. The SMILES string of the molecule is CC1CCN(c2ccc(NC(=O)C3CCN(C(=O)c4ccoc4)CC3)cc2)CC1. The number of likely N-dealkylation sites (tertiary alicyclic amines) is 1. The first kappa shape index (κ1) is 19.6. The van der Waals surface area contributed by atoms with Crippen LogP contribution in [0.2, 0.25) is 0 Å². The van der Waals surface area contributed by atoms with E-state index in [0.717, 1.165) is 24.7 Å². The molecule has 0 bridgehead atoms. The fourth-order valence-electron chi connectivity index (χ4n) is 4.18. The summed E-state index contributed by atoms with van der Waals surface area (Å²) in [5.41, 5.74) is 2.62. The van der Waals surface area contributed by atoms with Gasteiger partial charge in [-0.25, -0.2) is 0 Å². The van der Waals surface area contributed by atoms with Crippen molar-refractivity contribution in [1.82, 2.24) is 4.90 Å². The zero-order valence-corrected chi connectivity index (χ0v) is 17.0. The van der Waals surface area contributed by atoms with Crippen LogP contribution in [0, 0.1) is 11.8 Å². The molecule has 0 saturated carbocycles. The molecule has 1 aromatic carbocycles. The number of carbonyl (C=O) groups is 2. The summed E-state index contributed by atoms with van der Waals surface area (Å²) >= 11 is 0. The number of benzene rings is 1. The lowest BCUT2D eigenvalue weighted by molar-refractivity contribution is -0.121. The highest BCUT2D eigenvalue weighted by Gasteiger charge is 2.28. The van der Waals surface area contributed by atoms with Gasteiger partial charge in [-0.3, -0.25) is 9.59 Å². The lowest BCUT2D eigenvalue weighted by Crippen LogP contribution is -2.41. The van der Waals surface area contributed by atoms with Crippen molar-refractivity contribution >= 4 is 23.2 Å². The summed E-state index contributed by atoms with van der Waals surface area (Å²) < 4.78 is 4.99. The van der Waals surface area contributed by atoms with Gasteiger partial charge in [0, 0.05) is 43.5 Å². The van der Waals surface area contributed by atoms with Crippen LogP contribution in [-0.2, 0) is 4.79 Å². The number of piperidine rings is 2. The van der Waals surface area contributed by atoms with Crippen LogP contribution in [0.1, 0.15) is 43.0 Å². The maximum atomic E-state index is 12.7. The Bertz CT molecular complexity index is 816. The summed E-state index contributed by atoms with van der Waals surface area (Å²) in [6.07, 6.45) is 6.80. The van der Waals surface area contributed by atoms with Gasteiger partial charge in [0.25, 0.3) is 5.91 Å². The van der Waals surface area contributed by atoms with Gasteiger partial charge < -0.3 is 19.5 Å². The lowest BCUT2D eigenvalue weighted by Gasteiger charge is -2.32. The fourth-order valence-corrected chi connectivity index (χ4v) is 4.18. The minimum atomic E-state index is -0.0633. The Morgan fingerprint density at radius 3 is 2.28 bits per heavy atom. The van der Waals surface area contributed by atoms with Crippen LogP contribution in [0.5, 0.6) is 0 Å². The lowest BCUT2D eigenvalue weighted by atomic mass is 9.95. The second kappa shape index (κ2) is 8.72. The molecule has 0 radical (unpaired) electrons. The van der Waals surface area contributed by atoms with Crippen LogP contribution in [0.15, 0.2) is 47.3 Å². The molecule has 4 rings (SSSR count). The van der Waals surface area contributed by atoms with Gasteiger partial charge in [0.05, 0.1) is 11.8 Å². The van der Waals surface area contributed by atoms with Gasteiger partial charge in [0.1, 0.15) is 6.26 Å². The first-order chi connectivity index (χ1) is 14.1. The van der Waals surface area contributed by atoms with Gasteiger partial charge in [-0.1, -0.05) is 6.92 Å². The molecule has 2 fully saturated rings. The van der Waals surface area contributed by atoms with Crippen LogP contribution >= 0.6 is 0 Å². The highest BCUT2D eigenvalue weighted by Crippen LogP contribution is 2.25. The second-order valence-electron chi connectivity index (χ2n) is 8.28. The van der Waals surface area contributed by atoms with Crippen molar-refractivity contribution in [2.24, 2.45) is 11.8 Å². The molecule has 2 saturated heterocycles. The molecular formula is C23H29N3O3. The molecule has 2 aliphatic rings. The standard InChI is InChI=1S/C23H29N3O3/c1-17-6-11-25(12-7-17)21-4-2-20(3-5-21)24-22(27)18-8-13-26(14-9-18)23(28)19-10-15-29-16-19/h2-5,10,15-18H,6-9,11-14H2,1H3,(H,24,27). The normalized spacial score (nSPS) is 18.7. The molecular weight excluding hydrogens is 366 g/mol. The Morgan fingerprint density at radius 2 is 1.66 bits per heavy atom. The summed E-state index contributed by atoms with van der Waals surface area (Å²) in [6, 6.07) is 9.84. The van der Waals surface area contributed by atoms with Gasteiger partial charge >= 0.3 is 0 Å². The van der Waals surface area contributed by atoms with E-state index in [4.69, 9.17) is 4.42 Å². The topological polar surface area (TPSA) is 65.8 Å². The third-order valence-electron chi connectivity index (χ3n) is 6.20. The summed E-state index contributed by atoms with van der Waals surface area (Å²) in [7, 11) is 0. The van der Waals surface area contributed by atoms with E-state index in [-0.39, 0.29) is 17.7 Å². The van der Waals surface area contributed by atoms with E-state index in [2.05, 4.69) is 29.3 Å². The van der Waals surface area contributed by atoms with E-state index in [1.807, 2.05) is 12.1 Å². The molecule has 0 atom stereocenters. The molecule has 6 heteroatoms. The molecule has 0 spiro atoms. The number of anilines is 2. The number of nitrogens with zero attached hydrogens (tertiary/aromatic N) is 2. The molecule has 0 unspecified atom stereocenters. The van der Waals surface area contributed by atoms with Crippen LogP contribution in [0.25, 0.3) is 0 Å².